The van der Waals surface area contributed by atoms with Crippen LogP contribution in [0, 0.1) is 29.1 Å². The van der Waals surface area contributed by atoms with E-state index in [0.29, 0.717) is 14.0 Å². The fourth-order valence-electron chi connectivity index (χ4n) is 28.1. The quantitative estimate of drug-likeness (QED) is 0.237. The van der Waals surface area contributed by atoms with E-state index in [0.717, 1.165) is 32.4 Å². The van der Waals surface area contributed by atoms with Crippen LogP contribution in [0.4, 0.5) is 0 Å². The molecule has 0 radical (unpaired) electrons. The standard InChI is InChI=1S/C28H37N4P2Si.C5H5.Fe/c1-35(2,3)22-13-23(27(17-33)20-9-18-8-19(11-20)12-21(27)10-18)24(14-22)28(34,25-15-29-4-6-31-25)26-16-30-5-7-32-26;1-2-4-5-3-1;/h4-7,13-16,18-21H,8-12,17,33-34H2,1-3H3;1-5H;. The molecule has 0 aromatic carbocycles. The zero-order valence-electron chi connectivity index (χ0n) is 24.4. The Bertz CT molecular complexity index is 2070. The first-order valence-electron chi connectivity index (χ1n) is 16.7. The van der Waals surface area contributed by atoms with Gasteiger partial charge in [-0.25, -0.2) is 0 Å². The monoisotopic (exact) mass is 640 g/mol. The van der Waals surface area contributed by atoms with Crippen molar-refractivity contribution in [1.82, 2.24) is 19.9 Å². The zero-order chi connectivity index (χ0) is 27.1. The molecule has 7 atom stereocenters. The molecule has 10 saturated heterocycles. The van der Waals surface area contributed by atoms with Crippen molar-refractivity contribution in [3.05, 3.63) is 48.6 Å². The fraction of sp³-hybridized carbons (Fsp3) is 0.758. The molecule has 8 heteroatoms. The van der Waals surface area contributed by atoms with Gasteiger partial charge in [-0.1, -0.05) is 0 Å². The van der Waals surface area contributed by atoms with E-state index >= 15 is 0 Å². The molecule has 216 valence electrons. The van der Waals surface area contributed by atoms with Gasteiger partial charge in [-0.05, 0) is 0 Å². The van der Waals surface area contributed by atoms with E-state index < -0.39 is 14.6 Å². The summed E-state index contributed by atoms with van der Waals surface area (Å²) in [7, 11) is 5.76. The summed E-state index contributed by atoms with van der Waals surface area (Å²) in [6.45, 7) is 4.29. The summed E-state index contributed by atoms with van der Waals surface area (Å²) in [6.07, 6.45) is 21.3. The maximum atomic E-state index is 5.30. The summed E-state index contributed by atoms with van der Waals surface area (Å²) in [4.78, 5) is 28.6. The minimum absolute atomic E-state index is 0.214. The van der Waals surface area contributed by atoms with Crippen LogP contribution in [0.1, 0.15) is 43.5 Å². The molecule has 0 amide bonds. The second kappa shape index (κ2) is 3.24. The van der Waals surface area contributed by atoms with Gasteiger partial charge in [-0.3, -0.25) is 0 Å². The van der Waals surface area contributed by atoms with Crippen LogP contribution in [0.15, 0.2) is 37.2 Å². The molecular weight excluding hydrogens is 598 g/mol. The van der Waals surface area contributed by atoms with Gasteiger partial charge in [0.1, 0.15) is 0 Å². The number of nitrogens with zero attached hydrogens (tertiary/aromatic N) is 4. The zero-order valence-corrected chi connectivity index (χ0v) is 28.8. The van der Waals surface area contributed by atoms with Crippen molar-refractivity contribution in [1.29, 1.82) is 0 Å². The van der Waals surface area contributed by atoms with E-state index in [-0.39, 0.29) is 5.16 Å². The third kappa shape index (κ3) is 0.521. The molecule has 4 bridgehead atoms. The Hall–Kier alpha value is -0.244. The Kier molecular flexibility index (Phi) is 1.70. The van der Waals surface area contributed by atoms with Gasteiger partial charge in [0, 0.05) is 0 Å². The molecule has 4 saturated carbocycles. The van der Waals surface area contributed by atoms with Gasteiger partial charge < -0.3 is 0 Å². The maximum absolute atomic E-state index is 5.30. The molecule has 2 aromatic heterocycles. The van der Waals surface area contributed by atoms with Crippen molar-refractivity contribution in [3.63, 3.8) is 0 Å². The molecule has 16 rings (SSSR count). The molecule has 14 aliphatic rings. The Morgan fingerprint density at radius 1 is 0.805 bits per heavy atom. The molecule has 14 fully saturated rings. The van der Waals surface area contributed by atoms with Gasteiger partial charge in [0.15, 0.2) is 0 Å². The van der Waals surface area contributed by atoms with Crippen LogP contribution in [0.5, 0.6) is 0 Å². The molecule has 2 aromatic rings. The molecular formula is C33H42FeN4P2Si. The fourth-order valence-corrected chi connectivity index (χ4v) is 139. The third-order valence-electron chi connectivity index (χ3n) is 24.2. The number of fused-ring (bicyclic) bond motifs is 11. The van der Waals surface area contributed by atoms with Gasteiger partial charge in [0.25, 0.3) is 0 Å². The van der Waals surface area contributed by atoms with Gasteiger partial charge >= 0.3 is 240 Å². The number of rotatable bonds is 6. The van der Waals surface area contributed by atoms with Gasteiger partial charge in [0.05, 0.1) is 0 Å². The summed E-state index contributed by atoms with van der Waals surface area (Å²) in [6, 6.07) is 0. The first-order chi connectivity index (χ1) is 19.5. The summed E-state index contributed by atoms with van der Waals surface area (Å²) < 4.78 is 2.01. The van der Waals surface area contributed by atoms with Crippen LogP contribution in [0.2, 0.25) is 65.9 Å². The van der Waals surface area contributed by atoms with E-state index in [4.69, 9.17) is 19.9 Å². The van der Waals surface area contributed by atoms with Gasteiger partial charge in [0.2, 0.25) is 0 Å². The number of hydrogen-bond donors (Lipinski definition) is 0. The normalized spacial score (nSPS) is 76.0. The average molecular weight is 641 g/mol. The van der Waals surface area contributed by atoms with E-state index in [9.17, 15) is 0 Å². The average Bonchev–Trinajstić information content (AvgIpc) is 3.91. The van der Waals surface area contributed by atoms with Crippen LogP contribution < -0.4 is 0 Å². The Balaban J connectivity index is 1.16. The van der Waals surface area contributed by atoms with Gasteiger partial charge in [-0.2, -0.15) is 0 Å². The molecule has 4 nitrogen and oxygen atoms in total. The molecule has 0 N–H and O–H groups in total. The molecule has 7 unspecified atom stereocenters. The van der Waals surface area contributed by atoms with Crippen LogP contribution >= 0.6 is 18.5 Å². The molecule has 4 aliphatic carbocycles. The van der Waals surface area contributed by atoms with Crippen molar-refractivity contribution >= 4 is 26.6 Å². The summed E-state index contributed by atoms with van der Waals surface area (Å²) >= 11 is 0. The predicted molar refractivity (Wildman–Crippen MR) is 166 cm³/mol. The Morgan fingerprint density at radius 3 is 1.71 bits per heavy atom. The van der Waals surface area contributed by atoms with Crippen LogP contribution in [-0.4, -0.2) is 34.2 Å². The number of hydrogen-bond acceptors (Lipinski definition) is 4. The second-order valence-corrected chi connectivity index (χ2v) is 50.6. The number of aromatic nitrogens is 4. The van der Waals surface area contributed by atoms with E-state index in [1.165, 1.54) is 46.4 Å². The summed E-state index contributed by atoms with van der Waals surface area (Å²) in [5, 5.41) is -0.214. The molecule has 1 spiro atoms. The summed E-state index contributed by atoms with van der Waals surface area (Å²) in [5.74, 6) is 4.06. The van der Waals surface area contributed by atoms with Crippen molar-refractivity contribution in [3.8, 4) is 0 Å². The minimum atomic E-state index is -4.32. The third-order valence-corrected chi connectivity index (χ3v) is 79.0. The van der Waals surface area contributed by atoms with Crippen LogP contribution in [0.25, 0.3) is 0 Å². The summed E-state index contributed by atoms with van der Waals surface area (Å²) in [5.41, 5.74) is 3.03. The molecule has 12 heterocycles. The van der Waals surface area contributed by atoms with Crippen molar-refractivity contribution in [2.45, 2.75) is 103 Å². The molecule has 41 heavy (non-hydrogen) atoms. The Labute approximate surface area is 238 Å². The van der Waals surface area contributed by atoms with Crippen LogP contribution in [-0.2, 0) is 11.7 Å². The second-order valence-electron chi connectivity index (χ2n) is 20.6. The first-order valence-corrected chi connectivity index (χ1v) is 27.7. The van der Waals surface area contributed by atoms with E-state index in [1.807, 2.05) is 24.8 Å². The van der Waals surface area contributed by atoms with E-state index in [2.05, 4.69) is 50.5 Å². The van der Waals surface area contributed by atoms with Gasteiger partial charge in [-0.15, -0.1) is 0 Å². The SMILES string of the molecule is C[Si](C)(C)[C]12[CH]3[C]4(C(P)(c5cnccn5)c5cnccn5)[C]5(C6(CP)C7CC8CC(C7)CC6C8)[CH]1[Fe]34521678[CH]2[CH]1[CH]6[CH]7[CH]28. The van der Waals surface area contributed by atoms with Crippen molar-refractivity contribution < 1.29 is 6.51 Å². The van der Waals surface area contributed by atoms with E-state index in [1.54, 1.807) is 32.1 Å². The van der Waals surface area contributed by atoms with Crippen molar-refractivity contribution in [2.75, 3.05) is 6.16 Å². The van der Waals surface area contributed by atoms with Crippen LogP contribution in [0.3, 0.4) is 0 Å². The molecule has 10 aliphatic heterocycles. The predicted octanol–water partition coefficient (Wildman–Crippen LogP) is 8.08. The Morgan fingerprint density at radius 2 is 1.32 bits per heavy atom. The topological polar surface area (TPSA) is 51.6 Å². The first kappa shape index (κ1) is 21.5. The van der Waals surface area contributed by atoms with Crippen molar-refractivity contribution in [2.24, 2.45) is 29.1 Å².